The van der Waals surface area contributed by atoms with Crippen molar-refractivity contribution in [2.45, 2.75) is 69.9 Å². The summed E-state index contributed by atoms with van der Waals surface area (Å²) in [6, 6.07) is 1.15. The van der Waals surface area contributed by atoms with E-state index in [2.05, 4.69) is 20.2 Å². The van der Waals surface area contributed by atoms with Gasteiger partial charge in [-0.05, 0) is 56.4 Å². The van der Waals surface area contributed by atoms with Gasteiger partial charge < -0.3 is 15.8 Å². The van der Waals surface area contributed by atoms with Crippen molar-refractivity contribution in [3.63, 3.8) is 0 Å². The Balaban J connectivity index is 1.31. The average Bonchev–Trinajstić information content (AvgIpc) is 3.35. The highest BCUT2D eigenvalue weighted by molar-refractivity contribution is 7.19. The summed E-state index contributed by atoms with van der Waals surface area (Å²) >= 11 is 1.80. The van der Waals surface area contributed by atoms with Crippen molar-refractivity contribution in [3.8, 4) is 0 Å². The first kappa shape index (κ1) is 21.1. The molecular weight excluding hydrogens is 410 g/mol. The second-order valence-corrected chi connectivity index (χ2v) is 10.5. The SMILES string of the molecule is CC(C[C@H]1CCc2sc3ncnc(NC4CCC(N5CCOCC5)CC4)c3c21)C(N)=O. The molecular formula is C23H33N5O2S. The summed E-state index contributed by atoms with van der Waals surface area (Å²) in [6.07, 6.45) is 9.46. The smallest absolute Gasteiger partial charge is 0.220 e. The fourth-order valence-corrected chi connectivity index (χ4v) is 6.92. The number of morpholine rings is 1. The van der Waals surface area contributed by atoms with Gasteiger partial charge in [0.1, 0.15) is 17.0 Å². The summed E-state index contributed by atoms with van der Waals surface area (Å²) in [5, 5.41) is 4.97. The lowest BCUT2D eigenvalue weighted by molar-refractivity contribution is -0.121. The van der Waals surface area contributed by atoms with Gasteiger partial charge in [-0.15, -0.1) is 11.3 Å². The molecule has 1 unspecified atom stereocenters. The van der Waals surface area contributed by atoms with E-state index in [4.69, 9.17) is 10.5 Å². The molecule has 5 rings (SSSR count). The van der Waals surface area contributed by atoms with E-state index in [9.17, 15) is 4.79 Å². The van der Waals surface area contributed by atoms with Gasteiger partial charge in [-0.25, -0.2) is 9.97 Å². The highest BCUT2D eigenvalue weighted by atomic mass is 32.1. The first-order valence-electron chi connectivity index (χ1n) is 11.7. The Bertz CT molecular complexity index is 933. The van der Waals surface area contributed by atoms with Crippen molar-refractivity contribution < 1.29 is 9.53 Å². The molecule has 1 amide bonds. The monoisotopic (exact) mass is 443 g/mol. The van der Waals surface area contributed by atoms with Crippen LogP contribution < -0.4 is 11.1 Å². The van der Waals surface area contributed by atoms with Gasteiger partial charge in [0.25, 0.3) is 0 Å². The maximum atomic E-state index is 11.6. The van der Waals surface area contributed by atoms with Gasteiger partial charge in [-0.3, -0.25) is 9.69 Å². The van der Waals surface area contributed by atoms with Crippen molar-refractivity contribution in [2.24, 2.45) is 11.7 Å². The number of carbonyl (C=O) groups is 1. The number of nitrogens with one attached hydrogen (secondary N) is 1. The molecule has 0 radical (unpaired) electrons. The lowest BCUT2D eigenvalue weighted by Gasteiger charge is -2.39. The van der Waals surface area contributed by atoms with Crippen LogP contribution in [0, 0.1) is 5.92 Å². The van der Waals surface area contributed by atoms with Crippen LogP contribution in [0.25, 0.3) is 10.2 Å². The normalized spacial score (nSPS) is 27.8. The molecule has 1 saturated heterocycles. The molecule has 0 spiro atoms. The van der Waals surface area contributed by atoms with E-state index in [-0.39, 0.29) is 11.8 Å². The van der Waals surface area contributed by atoms with Crippen LogP contribution in [0.5, 0.6) is 0 Å². The lowest BCUT2D eigenvalue weighted by Crippen LogP contribution is -2.46. The molecule has 3 heterocycles. The van der Waals surface area contributed by atoms with E-state index in [0.717, 1.165) is 56.2 Å². The third-order valence-electron chi connectivity index (χ3n) is 7.45. The van der Waals surface area contributed by atoms with Gasteiger partial charge in [-0.2, -0.15) is 0 Å². The number of nitrogens with two attached hydrogens (primary N) is 1. The molecule has 7 nitrogen and oxygen atoms in total. The molecule has 3 aliphatic rings. The van der Waals surface area contributed by atoms with E-state index in [1.807, 2.05) is 6.92 Å². The third kappa shape index (κ3) is 4.30. The minimum atomic E-state index is -0.209. The van der Waals surface area contributed by atoms with Crippen LogP contribution in [0.2, 0.25) is 0 Å². The Morgan fingerprint density at radius 1 is 1.26 bits per heavy atom. The first-order chi connectivity index (χ1) is 15.1. The van der Waals surface area contributed by atoms with Crippen LogP contribution in [0.15, 0.2) is 6.33 Å². The number of anilines is 1. The van der Waals surface area contributed by atoms with Crippen molar-refractivity contribution in [3.05, 3.63) is 16.8 Å². The Kier molecular flexibility index (Phi) is 6.12. The van der Waals surface area contributed by atoms with Crippen molar-refractivity contribution in [2.75, 3.05) is 31.6 Å². The zero-order valence-corrected chi connectivity index (χ0v) is 19.1. The van der Waals surface area contributed by atoms with Crippen LogP contribution in [-0.4, -0.2) is 59.2 Å². The van der Waals surface area contributed by atoms with Crippen molar-refractivity contribution in [1.82, 2.24) is 14.9 Å². The average molecular weight is 444 g/mol. The van der Waals surface area contributed by atoms with Gasteiger partial charge in [0.15, 0.2) is 0 Å². The zero-order chi connectivity index (χ0) is 21.4. The van der Waals surface area contributed by atoms with Gasteiger partial charge in [0, 0.05) is 36.0 Å². The Morgan fingerprint density at radius 3 is 2.77 bits per heavy atom. The number of primary amides is 1. The van der Waals surface area contributed by atoms with Crippen molar-refractivity contribution in [1.29, 1.82) is 0 Å². The first-order valence-corrected chi connectivity index (χ1v) is 12.6. The number of aryl methyl sites for hydroxylation is 1. The number of hydrogen-bond acceptors (Lipinski definition) is 7. The fourth-order valence-electron chi connectivity index (χ4n) is 5.68. The quantitative estimate of drug-likeness (QED) is 0.712. The van der Waals surface area contributed by atoms with Gasteiger partial charge in [0.05, 0.1) is 18.6 Å². The number of amides is 1. The van der Waals surface area contributed by atoms with E-state index >= 15 is 0 Å². The molecule has 1 saturated carbocycles. The number of aromatic nitrogens is 2. The van der Waals surface area contributed by atoms with Crippen LogP contribution in [0.3, 0.4) is 0 Å². The summed E-state index contributed by atoms with van der Waals surface area (Å²) in [5.74, 6) is 1.04. The maximum absolute atomic E-state index is 11.6. The molecule has 2 fully saturated rings. The predicted molar refractivity (Wildman–Crippen MR) is 124 cm³/mol. The van der Waals surface area contributed by atoms with E-state index in [1.54, 1.807) is 17.7 Å². The molecule has 0 bridgehead atoms. The summed E-state index contributed by atoms with van der Waals surface area (Å²) in [4.78, 5) is 26.0. The van der Waals surface area contributed by atoms with Crippen LogP contribution in [0.4, 0.5) is 5.82 Å². The van der Waals surface area contributed by atoms with Gasteiger partial charge in [0.2, 0.25) is 5.91 Å². The molecule has 168 valence electrons. The molecule has 2 aliphatic carbocycles. The summed E-state index contributed by atoms with van der Waals surface area (Å²) in [5.41, 5.74) is 6.93. The Hall–Kier alpha value is -1.77. The summed E-state index contributed by atoms with van der Waals surface area (Å²) in [6.45, 7) is 5.83. The van der Waals surface area contributed by atoms with Gasteiger partial charge >= 0.3 is 0 Å². The fraction of sp³-hybridized carbons (Fsp3) is 0.696. The minimum absolute atomic E-state index is 0.109. The number of ether oxygens (including phenoxy) is 1. The highest BCUT2D eigenvalue weighted by Gasteiger charge is 2.32. The second-order valence-electron chi connectivity index (χ2n) is 9.41. The van der Waals surface area contributed by atoms with E-state index in [0.29, 0.717) is 18.0 Å². The summed E-state index contributed by atoms with van der Waals surface area (Å²) < 4.78 is 5.51. The third-order valence-corrected chi connectivity index (χ3v) is 8.63. The number of hydrogen-bond donors (Lipinski definition) is 2. The summed E-state index contributed by atoms with van der Waals surface area (Å²) in [7, 11) is 0. The number of carbonyl (C=O) groups excluding carboxylic acids is 1. The minimum Gasteiger partial charge on any atom is -0.379 e. The molecule has 2 atom stereocenters. The Labute approximate surface area is 187 Å². The standard InChI is InChI=1S/C23H33N5O2S/c1-14(21(24)29)12-15-2-7-18-19(15)20-22(25-13-26-23(20)31-18)27-16-3-5-17(6-4-16)28-8-10-30-11-9-28/h13-17H,2-12H2,1H3,(H2,24,29)(H,25,26,27)/t14?,15-,16?,17?/m1/s1. The Morgan fingerprint density at radius 2 is 2.03 bits per heavy atom. The molecule has 2 aromatic heterocycles. The van der Waals surface area contributed by atoms with Gasteiger partial charge in [-0.1, -0.05) is 6.92 Å². The molecule has 8 heteroatoms. The molecule has 1 aliphatic heterocycles. The number of rotatable bonds is 6. The zero-order valence-electron chi connectivity index (χ0n) is 18.3. The number of fused-ring (bicyclic) bond motifs is 3. The maximum Gasteiger partial charge on any atom is 0.220 e. The van der Waals surface area contributed by atoms with Crippen LogP contribution in [-0.2, 0) is 16.0 Å². The lowest BCUT2D eigenvalue weighted by atomic mass is 9.89. The molecule has 2 aromatic rings. The molecule has 3 N–H and O–H groups in total. The van der Waals surface area contributed by atoms with E-state index in [1.165, 1.54) is 41.5 Å². The number of nitrogens with zero attached hydrogens (tertiary/aromatic N) is 3. The molecule has 31 heavy (non-hydrogen) atoms. The predicted octanol–water partition coefficient (Wildman–Crippen LogP) is 3.29. The molecule has 0 aromatic carbocycles. The van der Waals surface area contributed by atoms with Crippen LogP contribution >= 0.6 is 11.3 Å². The second kappa shape index (κ2) is 9.00. The largest absolute Gasteiger partial charge is 0.379 e. The number of thiophene rings is 1. The highest BCUT2D eigenvalue weighted by Crippen LogP contribution is 2.47. The van der Waals surface area contributed by atoms with Crippen molar-refractivity contribution >= 4 is 33.3 Å². The topological polar surface area (TPSA) is 93.4 Å². The van der Waals surface area contributed by atoms with E-state index < -0.39 is 0 Å². The van der Waals surface area contributed by atoms with Crippen LogP contribution in [0.1, 0.15) is 61.8 Å².